The van der Waals surface area contributed by atoms with Crippen LogP contribution < -0.4 is 0 Å². The molecule has 0 fully saturated rings. The van der Waals surface area contributed by atoms with Gasteiger partial charge in [-0.2, -0.15) is 0 Å². The van der Waals surface area contributed by atoms with Gasteiger partial charge in [0.05, 0.1) is 24.2 Å². The van der Waals surface area contributed by atoms with Gasteiger partial charge < -0.3 is 4.74 Å². The summed E-state index contributed by atoms with van der Waals surface area (Å²) in [6, 6.07) is 17.6. The summed E-state index contributed by atoms with van der Waals surface area (Å²) in [7, 11) is 0. The van der Waals surface area contributed by atoms with Crippen LogP contribution >= 0.6 is 0 Å². The number of pyridine rings is 1. The van der Waals surface area contributed by atoms with Gasteiger partial charge in [-0.15, -0.1) is 0 Å². The third kappa shape index (κ3) is 3.38. The molecule has 0 N–H and O–H groups in total. The highest BCUT2D eigenvalue weighted by molar-refractivity contribution is 5.85. The molecule has 0 radical (unpaired) electrons. The highest BCUT2D eigenvalue weighted by Crippen LogP contribution is 2.20. The lowest BCUT2D eigenvalue weighted by Crippen LogP contribution is -1.97. The van der Waals surface area contributed by atoms with Crippen molar-refractivity contribution in [2.75, 3.05) is 0 Å². The molecule has 0 saturated heterocycles. The molecule has 128 valence electrons. The number of hydrogen-bond acceptors (Lipinski definition) is 4. The Labute approximate surface area is 150 Å². The van der Waals surface area contributed by atoms with E-state index in [1.165, 1.54) is 0 Å². The molecule has 0 aliphatic carbocycles. The molecule has 2 heterocycles. The predicted octanol–water partition coefficient (Wildman–Crippen LogP) is 3.95. The van der Waals surface area contributed by atoms with Crippen molar-refractivity contribution < 1.29 is 9.53 Å². The molecule has 0 aliphatic rings. The first kappa shape index (κ1) is 16.2. The second kappa shape index (κ2) is 7.29. The Hall–Kier alpha value is -3.31. The van der Waals surface area contributed by atoms with Crippen molar-refractivity contribution in [3.63, 3.8) is 0 Å². The van der Waals surface area contributed by atoms with Crippen LogP contribution in [0.25, 0.3) is 16.7 Å². The topological polar surface area (TPSA) is 57.0 Å². The van der Waals surface area contributed by atoms with E-state index in [-0.39, 0.29) is 0 Å². The van der Waals surface area contributed by atoms with E-state index >= 15 is 0 Å². The lowest BCUT2D eigenvalue weighted by atomic mass is 10.2. The fourth-order valence-corrected chi connectivity index (χ4v) is 2.88. The van der Waals surface area contributed by atoms with Crippen LogP contribution in [0.15, 0.2) is 73.3 Å². The van der Waals surface area contributed by atoms with E-state index in [9.17, 15) is 4.79 Å². The Bertz CT molecular complexity index is 1040. The Morgan fingerprint density at radius 2 is 1.88 bits per heavy atom. The predicted molar refractivity (Wildman–Crippen MR) is 99.2 cm³/mol. The first-order chi connectivity index (χ1) is 12.8. The summed E-state index contributed by atoms with van der Waals surface area (Å²) in [4.78, 5) is 19.4. The molecular weight excluding hydrogens is 326 g/mol. The minimum atomic E-state index is 0.519. The van der Waals surface area contributed by atoms with Crippen LogP contribution in [0.4, 0.5) is 0 Å². The number of carbonyl (C=O) groups excluding carboxylic acids is 1. The third-order valence-corrected chi connectivity index (χ3v) is 4.16. The van der Waals surface area contributed by atoms with Gasteiger partial charge in [-0.1, -0.05) is 18.2 Å². The molecular formula is C21H17N3O2. The van der Waals surface area contributed by atoms with Crippen LogP contribution in [0, 0.1) is 0 Å². The maximum Gasteiger partial charge on any atom is 0.150 e. The van der Waals surface area contributed by atoms with Crippen molar-refractivity contribution in [1.29, 1.82) is 0 Å². The number of benzene rings is 2. The molecule has 5 heteroatoms. The van der Waals surface area contributed by atoms with Crippen molar-refractivity contribution in [2.45, 2.75) is 13.2 Å². The van der Waals surface area contributed by atoms with Gasteiger partial charge in [-0.3, -0.25) is 14.3 Å². The monoisotopic (exact) mass is 343 g/mol. The van der Waals surface area contributed by atoms with E-state index in [0.717, 1.165) is 34.1 Å². The number of fused-ring (bicyclic) bond motifs is 1. The molecule has 0 atom stereocenters. The number of aromatic nitrogens is 3. The lowest BCUT2D eigenvalue weighted by Gasteiger charge is -2.08. The third-order valence-electron chi connectivity index (χ3n) is 4.16. The number of rotatable bonds is 6. The van der Waals surface area contributed by atoms with E-state index < -0.39 is 0 Å². The molecule has 2 aromatic heterocycles. The molecule has 0 saturated carbocycles. The van der Waals surface area contributed by atoms with Gasteiger partial charge in [0.25, 0.3) is 0 Å². The number of hydrogen-bond donors (Lipinski definition) is 0. The molecule has 0 spiro atoms. The van der Waals surface area contributed by atoms with Gasteiger partial charge in [0.15, 0.2) is 0 Å². The average molecular weight is 343 g/mol. The van der Waals surface area contributed by atoms with Gasteiger partial charge in [0.1, 0.15) is 12.6 Å². The SMILES string of the molecule is O=Cc1ccc2c(c1)ncn2-c1cccc(COCc2cccnc2)c1. The molecule has 4 rings (SSSR count). The summed E-state index contributed by atoms with van der Waals surface area (Å²) in [6.45, 7) is 1.05. The highest BCUT2D eigenvalue weighted by Gasteiger charge is 2.06. The zero-order valence-corrected chi connectivity index (χ0v) is 14.1. The maximum atomic E-state index is 10.9. The van der Waals surface area contributed by atoms with Gasteiger partial charge in [0.2, 0.25) is 0 Å². The van der Waals surface area contributed by atoms with E-state index in [4.69, 9.17) is 4.74 Å². The van der Waals surface area contributed by atoms with Crippen molar-refractivity contribution in [3.8, 4) is 5.69 Å². The Morgan fingerprint density at radius 3 is 2.73 bits per heavy atom. The van der Waals surface area contributed by atoms with E-state index in [0.29, 0.717) is 18.8 Å². The zero-order valence-electron chi connectivity index (χ0n) is 14.1. The summed E-state index contributed by atoms with van der Waals surface area (Å²) >= 11 is 0. The summed E-state index contributed by atoms with van der Waals surface area (Å²) in [6.07, 6.45) is 6.16. The van der Waals surface area contributed by atoms with Crippen LogP contribution in [0.3, 0.4) is 0 Å². The van der Waals surface area contributed by atoms with Gasteiger partial charge in [-0.05, 0) is 47.5 Å². The number of ether oxygens (including phenoxy) is 1. The molecule has 0 aliphatic heterocycles. The minimum Gasteiger partial charge on any atom is -0.372 e. The molecule has 2 aromatic carbocycles. The van der Waals surface area contributed by atoms with Crippen molar-refractivity contribution in [3.05, 3.63) is 90.0 Å². The normalized spacial score (nSPS) is 10.9. The molecule has 0 unspecified atom stereocenters. The summed E-state index contributed by atoms with van der Waals surface area (Å²) in [5.74, 6) is 0. The second-order valence-corrected chi connectivity index (χ2v) is 6.00. The number of aldehydes is 1. The van der Waals surface area contributed by atoms with Crippen LogP contribution in [0.1, 0.15) is 21.5 Å². The Morgan fingerprint density at radius 1 is 1.00 bits per heavy atom. The summed E-state index contributed by atoms with van der Waals surface area (Å²) in [5.41, 5.74) is 5.53. The molecule has 0 amide bonds. The van der Waals surface area contributed by atoms with Crippen molar-refractivity contribution in [2.24, 2.45) is 0 Å². The molecule has 0 bridgehead atoms. The van der Waals surface area contributed by atoms with Gasteiger partial charge >= 0.3 is 0 Å². The fraction of sp³-hybridized carbons (Fsp3) is 0.0952. The number of carbonyl (C=O) groups is 1. The smallest absolute Gasteiger partial charge is 0.150 e. The number of imidazole rings is 1. The first-order valence-corrected chi connectivity index (χ1v) is 8.32. The lowest BCUT2D eigenvalue weighted by molar-refractivity contribution is 0.107. The van der Waals surface area contributed by atoms with Crippen molar-refractivity contribution in [1.82, 2.24) is 14.5 Å². The van der Waals surface area contributed by atoms with E-state index in [1.54, 1.807) is 24.7 Å². The molecule has 4 aromatic rings. The Balaban J connectivity index is 1.53. The quantitative estimate of drug-likeness (QED) is 0.497. The second-order valence-electron chi connectivity index (χ2n) is 6.00. The van der Waals surface area contributed by atoms with Crippen molar-refractivity contribution >= 4 is 17.3 Å². The molecule has 5 nitrogen and oxygen atoms in total. The highest BCUT2D eigenvalue weighted by atomic mass is 16.5. The number of nitrogens with zero attached hydrogens (tertiary/aromatic N) is 3. The minimum absolute atomic E-state index is 0.519. The Kier molecular flexibility index (Phi) is 4.53. The maximum absolute atomic E-state index is 10.9. The van der Waals surface area contributed by atoms with Crippen LogP contribution in [-0.4, -0.2) is 20.8 Å². The van der Waals surface area contributed by atoms with Gasteiger partial charge in [-0.25, -0.2) is 4.98 Å². The van der Waals surface area contributed by atoms with Crippen LogP contribution in [0.2, 0.25) is 0 Å². The standard InChI is InChI=1S/C21H17N3O2/c25-12-16-6-7-21-20(10-16)23-15-24(21)19-5-1-3-17(9-19)13-26-14-18-4-2-8-22-11-18/h1-12,15H,13-14H2. The average Bonchev–Trinajstić information content (AvgIpc) is 3.12. The molecule has 26 heavy (non-hydrogen) atoms. The first-order valence-electron chi connectivity index (χ1n) is 8.32. The van der Waals surface area contributed by atoms with E-state index in [2.05, 4.69) is 16.0 Å². The fourth-order valence-electron chi connectivity index (χ4n) is 2.88. The largest absolute Gasteiger partial charge is 0.372 e. The van der Waals surface area contributed by atoms with Gasteiger partial charge in [0, 0.05) is 23.6 Å². The van der Waals surface area contributed by atoms with Crippen LogP contribution in [-0.2, 0) is 18.0 Å². The summed E-state index contributed by atoms with van der Waals surface area (Å²) in [5, 5.41) is 0. The van der Waals surface area contributed by atoms with Crippen LogP contribution in [0.5, 0.6) is 0 Å². The zero-order chi connectivity index (χ0) is 17.8. The summed E-state index contributed by atoms with van der Waals surface area (Å²) < 4.78 is 7.80. The van der Waals surface area contributed by atoms with E-state index in [1.807, 2.05) is 47.2 Å².